The number of fused-ring (bicyclic) bond motifs is 3. The first kappa shape index (κ1) is 67.1. The van der Waals surface area contributed by atoms with Crippen molar-refractivity contribution in [2.75, 3.05) is 39.3 Å². The number of hydrogen-bond acceptors (Lipinski definition) is 9. The van der Waals surface area contributed by atoms with Crippen LogP contribution in [0.5, 0.6) is 5.75 Å². The van der Waals surface area contributed by atoms with E-state index in [1.54, 1.807) is 86.2 Å². The van der Waals surface area contributed by atoms with Gasteiger partial charge in [0, 0.05) is 89.1 Å². The third-order valence-corrected chi connectivity index (χ3v) is 22.1. The smallest absolute Gasteiger partial charge is 0.415 e. The van der Waals surface area contributed by atoms with E-state index in [0.29, 0.717) is 97.8 Å². The molecule has 3 aliphatic rings. The molecule has 0 unspecified atom stereocenters. The first-order valence-electron chi connectivity index (χ1n) is 30.6. The van der Waals surface area contributed by atoms with Crippen molar-refractivity contribution in [1.29, 1.82) is 0 Å². The Morgan fingerprint density at radius 2 is 0.806 bits per heavy atom. The largest absolute Gasteiger partial charge is 0.480 e. The normalized spacial score (nSPS) is 15.6. The molecule has 6 heterocycles. The summed E-state index contributed by atoms with van der Waals surface area (Å²) in [7, 11) is -7.31. The highest BCUT2D eigenvalue weighted by Gasteiger charge is 2.36. The molecule has 3 aliphatic heterocycles. The Kier molecular flexibility index (Phi) is 20.0. The van der Waals surface area contributed by atoms with Crippen LogP contribution in [0.3, 0.4) is 0 Å². The van der Waals surface area contributed by atoms with Crippen LogP contribution in [-0.2, 0) is 54.1 Å². The Balaban J connectivity index is 0.000000153. The van der Waals surface area contributed by atoms with Gasteiger partial charge in [0.2, 0.25) is 20.0 Å². The number of ether oxygens (including phenoxy) is 1. The molecule has 0 bridgehead atoms. The molecule has 3 N–H and O–H groups in total. The van der Waals surface area contributed by atoms with Gasteiger partial charge >= 0.3 is 24.0 Å². The fourth-order valence-electron chi connectivity index (χ4n) is 13.7. The van der Waals surface area contributed by atoms with E-state index in [1.807, 2.05) is 39.8 Å². The van der Waals surface area contributed by atoms with Gasteiger partial charge in [0.15, 0.2) is 0 Å². The number of hydrogen-bond donors (Lipinski definition) is 3. The maximum absolute atomic E-state index is 14.0. The number of carboxylic acids is 3. The molecule has 18 nitrogen and oxygen atoms in total. The van der Waals surface area contributed by atoms with Crippen LogP contribution >= 0.6 is 0 Å². The topological polar surface area (TPSA) is 231 Å². The second kappa shape index (κ2) is 27.8. The SMILES string of the molecule is Cc1c(C2CCN(S(=O)(=O)c3ccccc3)CC2)c2cc(F)ccc2n1CC(=O)O.Cc1cc(F)ccc1S(=O)(=O)N1CCC(c2c(C)n(CC(=O)O)c3ccc(F)cc23)CC1.Cc1ccc(OC(=O)N2CCC(c3c(C)n(CC(=O)O)c4ccc(F)cc34)CC2)cc1. The highest BCUT2D eigenvalue weighted by atomic mass is 32.2. The number of piperidine rings is 3. The van der Waals surface area contributed by atoms with E-state index >= 15 is 0 Å². The van der Waals surface area contributed by atoms with Crippen LogP contribution < -0.4 is 4.74 Å². The Hall–Kier alpha value is -8.84. The van der Waals surface area contributed by atoms with E-state index in [1.165, 1.54) is 57.1 Å². The number of benzene rings is 6. The van der Waals surface area contributed by atoms with E-state index in [4.69, 9.17) is 4.74 Å². The zero-order chi connectivity index (χ0) is 66.8. The van der Waals surface area contributed by atoms with Crippen LogP contribution in [-0.4, -0.2) is 123 Å². The molecule has 1 amide bonds. The molecule has 3 aromatic heterocycles. The first-order valence-corrected chi connectivity index (χ1v) is 33.4. The number of amides is 1. The molecule has 6 aromatic carbocycles. The summed E-state index contributed by atoms with van der Waals surface area (Å²) in [5.74, 6) is -3.87. The lowest BCUT2D eigenvalue weighted by Crippen LogP contribution is -2.39. The van der Waals surface area contributed by atoms with Crippen LogP contribution in [0.25, 0.3) is 32.7 Å². The Morgan fingerprint density at radius 1 is 0.452 bits per heavy atom. The highest BCUT2D eigenvalue weighted by Crippen LogP contribution is 2.42. The minimum Gasteiger partial charge on any atom is -0.480 e. The molecule has 0 aliphatic carbocycles. The zero-order valence-electron chi connectivity index (χ0n) is 52.0. The number of aryl methyl sites for hydroxylation is 2. The van der Waals surface area contributed by atoms with Gasteiger partial charge in [-0.15, -0.1) is 0 Å². The number of rotatable bonds is 14. The second-order valence-electron chi connectivity index (χ2n) is 23.9. The number of likely N-dealkylation sites (tertiary alicyclic amines) is 1. The Labute approximate surface area is 535 Å². The lowest BCUT2D eigenvalue weighted by atomic mass is 9.87. The summed E-state index contributed by atoms with van der Waals surface area (Å²) in [6, 6.07) is 32.5. The highest BCUT2D eigenvalue weighted by molar-refractivity contribution is 7.89. The minimum atomic E-state index is -3.76. The van der Waals surface area contributed by atoms with Crippen LogP contribution in [0.2, 0.25) is 0 Å². The van der Waals surface area contributed by atoms with Crippen LogP contribution in [0.15, 0.2) is 137 Å². The summed E-state index contributed by atoms with van der Waals surface area (Å²) in [5.41, 5.74) is 8.65. The minimum absolute atomic E-state index is 0.0323. The molecule has 24 heteroatoms. The number of carbonyl (C=O) groups is 4. The molecule has 3 saturated heterocycles. The number of carboxylic acid groups (broad SMARTS) is 3. The van der Waals surface area contributed by atoms with E-state index in [9.17, 15) is 68.9 Å². The van der Waals surface area contributed by atoms with E-state index in [-0.39, 0.29) is 78.0 Å². The van der Waals surface area contributed by atoms with Crippen molar-refractivity contribution in [2.24, 2.45) is 0 Å². The molecular formula is C69H72F4N6O12S2. The monoisotopic (exact) mass is 1320 g/mol. The third kappa shape index (κ3) is 14.4. The first-order chi connectivity index (χ1) is 44.2. The molecule has 93 heavy (non-hydrogen) atoms. The number of aliphatic carboxylic acids is 3. The summed E-state index contributed by atoms with van der Waals surface area (Å²) in [6.07, 6.45) is 3.24. The van der Waals surface area contributed by atoms with E-state index < -0.39 is 49.6 Å². The average molecular weight is 1320 g/mol. The van der Waals surface area contributed by atoms with E-state index in [0.717, 1.165) is 56.3 Å². The quantitative estimate of drug-likeness (QED) is 0.0863. The van der Waals surface area contributed by atoms with Gasteiger partial charge in [-0.2, -0.15) is 8.61 Å². The van der Waals surface area contributed by atoms with Crippen molar-refractivity contribution in [1.82, 2.24) is 27.2 Å². The van der Waals surface area contributed by atoms with Gasteiger partial charge in [0.1, 0.15) is 48.7 Å². The molecule has 0 spiro atoms. The standard InChI is InChI=1S/C24H25FN2O4.C23H24F2N2O4S.C22H23FN2O4S/c1-15-3-6-19(7-4-15)31-24(30)26-11-9-17(10-12-26)23-16(2)27(14-22(28)29)21-8-5-18(25)13-20(21)23;1-14-11-17(24)4-6-21(14)32(30,31)26-9-7-16(8-10-26)23-15(2)27(13-22(28)29)20-5-3-18(25)12-19(20)23;1-15-22(19-13-17(23)7-8-20(19)25(15)14-21(26)27)16-9-11-24(12-10-16)30(28,29)18-5-3-2-4-6-18/h3-8,13,17H,9-12,14H2,1-2H3,(H,28,29);3-6,11-12,16H,7-10,13H2,1-2H3,(H,28,29);2-8,13,16H,9-12,14H2,1H3,(H,26,27). The van der Waals surface area contributed by atoms with E-state index in [2.05, 4.69) is 0 Å². The van der Waals surface area contributed by atoms with Crippen molar-refractivity contribution >= 4 is 76.8 Å². The van der Waals surface area contributed by atoms with Gasteiger partial charge in [0.05, 0.1) is 9.79 Å². The number of carbonyl (C=O) groups excluding carboxylic acids is 1. The molecule has 0 atom stereocenters. The summed E-state index contributed by atoms with van der Waals surface area (Å²) in [6.45, 7) is 10.8. The average Bonchev–Trinajstić information content (AvgIpc) is 1.73. The Bertz CT molecular complexity index is 4550. The van der Waals surface area contributed by atoms with Crippen molar-refractivity contribution in [3.05, 3.63) is 196 Å². The van der Waals surface area contributed by atoms with Crippen molar-refractivity contribution in [2.45, 2.75) is 120 Å². The van der Waals surface area contributed by atoms with Crippen molar-refractivity contribution < 1.29 is 73.6 Å². The van der Waals surface area contributed by atoms with Crippen molar-refractivity contribution in [3.63, 3.8) is 0 Å². The zero-order valence-corrected chi connectivity index (χ0v) is 53.6. The summed E-state index contributed by atoms with van der Waals surface area (Å²) < 4.78 is 121. The molecule has 12 rings (SSSR count). The number of aromatic nitrogens is 3. The van der Waals surface area contributed by atoms with Gasteiger partial charge in [0.25, 0.3) is 0 Å². The van der Waals surface area contributed by atoms with Gasteiger partial charge < -0.3 is 38.7 Å². The second-order valence-corrected chi connectivity index (χ2v) is 27.8. The molecule has 3 fully saturated rings. The van der Waals surface area contributed by atoms with Gasteiger partial charge in [-0.25, -0.2) is 39.2 Å². The fourth-order valence-corrected chi connectivity index (χ4v) is 16.8. The Morgan fingerprint density at radius 3 is 1.18 bits per heavy atom. The summed E-state index contributed by atoms with van der Waals surface area (Å²) >= 11 is 0. The van der Waals surface area contributed by atoms with Crippen molar-refractivity contribution in [3.8, 4) is 5.75 Å². The molecule has 0 radical (unpaired) electrons. The number of halogens is 4. The maximum atomic E-state index is 14.0. The third-order valence-electron chi connectivity index (χ3n) is 18.1. The van der Waals surface area contributed by atoms with Crippen LogP contribution in [0, 0.1) is 57.9 Å². The maximum Gasteiger partial charge on any atom is 0.415 e. The van der Waals surface area contributed by atoms with Gasteiger partial charge in [-0.3, -0.25) is 14.4 Å². The number of nitrogens with zero attached hydrogens (tertiary/aromatic N) is 6. The summed E-state index contributed by atoms with van der Waals surface area (Å²) in [4.78, 5) is 48.6. The molecule has 490 valence electrons. The fraction of sp³-hybridized carbons (Fsp3) is 0.333. The predicted molar refractivity (Wildman–Crippen MR) is 343 cm³/mol. The molecule has 9 aromatic rings. The lowest BCUT2D eigenvalue weighted by Gasteiger charge is -2.32. The van der Waals surface area contributed by atoms with Gasteiger partial charge in [-0.05, 0) is 210 Å². The molecular weight excluding hydrogens is 1240 g/mol. The predicted octanol–water partition coefficient (Wildman–Crippen LogP) is 12.8. The molecule has 0 saturated carbocycles. The van der Waals surface area contributed by atoms with Crippen LogP contribution in [0.4, 0.5) is 22.4 Å². The lowest BCUT2D eigenvalue weighted by molar-refractivity contribution is -0.138. The summed E-state index contributed by atoms with van der Waals surface area (Å²) in [5, 5.41) is 30.0. The van der Waals surface area contributed by atoms with Gasteiger partial charge in [-0.1, -0.05) is 35.9 Å². The number of sulfonamides is 2. The van der Waals surface area contributed by atoms with Crippen LogP contribution in [0.1, 0.15) is 101 Å².